The largest absolute Gasteiger partial charge is 0.508 e. The summed E-state index contributed by atoms with van der Waals surface area (Å²) in [6.07, 6.45) is 1.57. The molecule has 0 aliphatic carbocycles. The van der Waals surface area contributed by atoms with Crippen molar-refractivity contribution in [2.75, 3.05) is 41.9 Å². The van der Waals surface area contributed by atoms with Crippen LogP contribution in [0.1, 0.15) is 5.56 Å². The molecule has 0 unspecified atom stereocenters. The van der Waals surface area contributed by atoms with Gasteiger partial charge in [-0.1, -0.05) is 0 Å². The number of morpholine rings is 1. The zero-order chi connectivity index (χ0) is 22.3. The second-order valence-electron chi connectivity index (χ2n) is 6.77. The predicted octanol–water partition coefficient (Wildman–Crippen LogP) is 2.51. The van der Waals surface area contributed by atoms with Gasteiger partial charge in [0.1, 0.15) is 5.75 Å². The van der Waals surface area contributed by atoms with Crippen molar-refractivity contribution in [3.05, 3.63) is 64.2 Å². The van der Waals surface area contributed by atoms with Gasteiger partial charge in [0.2, 0.25) is 17.8 Å². The highest BCUT2D eigenvalue weighted by Gasteiger charge is 2.17. The summed E-state index contributed by atoms with van der Waals surface area (Å²) < 4.78 is 5.39. The Bertz CT molecular complexity index is 1100. The van der Waals surface area contributed by atoms with E-state index in [1.807, 2.05) is 4.90 Å². The third kappa shape index (κ3) is 5.43. The van der Waals surface area contributed by atoms with Gasteiger partial charge < -0.3 is 20.1 Å². The topological polar surface area (TPSA) is 151 Å². The fourth-order valence-corrected chi connectivity index (χ4v) is 2.90. The van der Waals surface area contributed by atoms with Crippen LogP contribution in [-0.4, -0.2) is 57.5 Å². The van der Waals surface area contributed by atoms with Crippen LogP contribution < -0.4 is 15.6 Å². The average Bonchev–Trinajstić information content (AvgIpc) is 2.81. The number of aromatic hydroxyl groups is 1. The summed E-state index contributed by atoms with van der Waals surface area (Å²) in [6.45, 7) is 2.41. The molecule has 0 amide bonds. The van der Waals surface area contributed by atoms with Gasteiger partial charge in [0.25, 0.3) is 5.69 Å². The number of nitro groups is 1. The van der Waals surface area contributed by atoms with Gasteiger partial charge in [-0.05, 0) is 42.0 Å². The molecular weight excluding hydrogens is 416 g/mol. The van der Waals surface area contributed by atoms with Crippen LogP contribution in [0.15, 0.2) is 53.6 Å². The van der Waals surface area contributed by atoms with Crippen LogP contribution in [0.25, 0.3) is 0 Å². The number of anilines is 4. The predicted molar refractivity (Wildman–Crippen MR) is 119 cm³/mol. The first-order valence-corrected chi connectivity index (χ1v) is 9.75. The fourth-order valence-electron chi connectivity index (χ4n) is 2.90. The van der Waals surface area contributed by atoms with Crippen molar-refractivity contribution in [3.63, 3.8) is 0 Å². The van der Waals surface area contributed by atoms with E-state index in [9.17, 15) is 15.2 Å². The number of nitrogens with zero attached hydrogens (tertiary/aromatic N) is 6. The minimum absolute atomic E-state index is 0.00822. The van der Waals surface area contributed by atoms with E-state index in [1.54, 1.807) is 42.6 Å². The molecular formula is C20H20N8O4. The van der Waals surface area contributed by atoms with Crippen LogP contribution in [0.5, 0.6) is 5.75 Å². The Morgan fingerprint density at radius 3 is 2.41 bits per heavy atom. The number of benzene rings is 2. The lowest BCUT2D eigenvalue weighted by atomic mass is 10.2. The Balaban J connectivity index is 1.55. The van der Waals surface area contributed by atoms with E-state index in [-0.39, 0.29) is 23.3 Å². The standard InChI is InChI=1S/C20H20N8O4/c29-17-7-1-14(2-8-17)13-21-26-19-23-18(22-15-3-5-16(6-4-15)28(30)31)24-20(25-19)27-9-11-32-12-10-27/h1-8,13,29H,9-12H2,(H2,22,23,24,25,26)/b21-13+. The number of hydrazone groups is 1. The van der Waals surface area contributed by atoms with Crippen molar-refractivity contribution in [1.82, 2.24) is 15.0 Å². The molecule has 0 bridgehead atoms. The molecule has 0 radical (unpaired) electrons. The van der Waals surface area contributed by atoms with Crippen molar-refractivity contribution < 1.29 is 14.8 Å². The van der Waals surface area contributed by atoms with Gasteiger partial charge >= 0.3 is 0 Å². The highest BCUT2D eigenvalue weighted by atomic mass is 16.6. The molecule has 1 aromatic heterocycles. The van der Waals surface area contributed by atoms with Gasteiger partial charge in [-0.25, -0.2) is 5.43 Å². The molecule has 2 aromatic carbocycles. The van der Waals surface area contributed by atoms with Gasteiger partial charge in [0.15, 0.2) is 0 Å². The van der Waals surface area contributed by atoms with E-state index in [4.69, 9.17) is 4.74 Å². The lowest BCUT2D eigenvalue weighted by molar-refractivity contribution is -0.384. The summed E-state index contributed by atoms with van der Waals surface area (Å²) in [4.78, 5) is 25.6. The van der Waals surface area contributed by atoms with Crippen LogP contribution in [0.3, 0.4) is 0 Å². The molecule has 1 aliphatic heterocycles. The molecule has 4 rings (SSSR count). The van der Waals surface area contributed by atoms with Crippen molar-refractivity contribution >= 4 is 35.4 Å². The molecule has 12 nitrogen and oxygen atoms in total. The van der Waals surface area contributed by atoms with Crippen molar-refractivity contribution in [1.29, 1.82) is 0 Å². The Labute approximate surface area is 182 Å². The van der Waals surface area contributed by atoms with Crippen LogP contribution in [0, 0.1) is 10.1 Å². The monoisotopic (exact) mass is 436 g/mol. The summed E-state index contributed by atoms with van der Waals surface area (Å²) in [5, 5.41) is 27.4. The number of nitro benzene ring substituents is 1. The van der Waals surface area contributed by atoms with Crippen LogP contribution in [0.2, 0.25) is 0 Å². The summed E-state index contributed by atoms with van der Waals surface area (Å²) in [5.41, 5.74) is 4.16. The number of phenols is 1. The molecule has 1 aliphatic rings. The van der Waals surface area contributed by atoms with E-state index in [1.165, 1.54) is 12.1 Å². The maximum Gasteiger partial charge on any atom is 0.269 e. The first-order chi connectivity index (χ1) is 15.6. The zero-order valence-corrected chi connectivity index (χ0v) is 16.9. The van der Waals surface area contributed by atoms with Crippen molar-refractivity contribution in [2.45, 2.75) is 0 Å². The molecule has 3 aromatic rings. The Morgan fingerprint density at radius 2 is 1.72 bits per heavy atom. The number of phenolic OH excluding ortho intramolecular Hbond substituents is 1. The number of hydrogen-bond donors (Lipinski definition) is 3. The smallest absolute Gasteiger partial charge is 0.269 e. The third-order valence-electron chi connectivity index (χ3n) is 4.52. The van der Waals surface area contributed by atoms with Gasteiger partial charge in [-0.3, -0.25) is 10.1 Å². The number of non-ortho nitro benzene ring substituents is 1. The first kappa shape index (κ1) is 20.9. The summed E-state index contributed by atoms with van der Waals surface area (Å²) in [7, 11) is 0. The Morgan fingerprint density at radius 1 is 1.03 bits per heavy atom. The Hall–Kier alpha value is -4.32. The van der Waals surface area contributed by atoms with Crippen LogP contribution in [0.4, 0.5) is 29.2 Å². The minimum Gasteiger partial charge on any atom is -0.508 e. The van der Waals surface area contributed by atoms with E-state index in [0.717, 1.165) is 5.56 Å². The molecule has 1 saturated heterocycles. The second kappa shape index (κ2) is 9.66. The number of aromatic nitrogens is 3. The van der Waals surface area contributed by atoms with Crippen molar-refractivity contribution in [3.8, 4) is 5.75 Å². The average molecular weight is 436 g/mol. The number of nitrogens with one attached hydrogen (secondary N) is 2. The zero-order valence-electron chi connectivity index (χ0n) is 16.9. The van der Waals surface area contributed by atoms with E-state index < -0.39 is 4.92 Å². The number of rotatable bonds is 7. The molecule has 12 heteroatoms. The molecule has 0 atom stereocenters. The van der Waals surface area contributed by atoms with E-state index in [2.05, 4.69) is 30.8 Å². The van der Waals surface area contributed by atoms with Crippen LogP contribution in [-0.2, 0) is 4.74 Å². The molecule has 1 fully saturated rings. The highest BCUT2D eigenvalue weighted by Crippen LogP contribution is 2.21. The van der Waals surface area contributed by atoms with E-state index >= 15 is 0 Å². The number of hydrogen-bond acceptors (Lipinski definition) is 11. The van der Waals surface area contributed by atoms with Gasteiger partial charge in [-0.2, -0.15) is 20.1 Å². The highest BCUT2D eigenvalue weighted by molar-refractivity contribution is 5.80. The lowest BCUT2D eigenvalue weighted by Gasteiger charge is -2.27. The Kier molecular flexibility index (Phi) is 6.32. The quantitative estimate of drug-likeness (QED) is 0.286. The van der Waals surface area contributed by atoms with Gasteiger partial charge in [0, 0.05) is 30.9 Å². The maximum atomic E-state index is 10.9. The summed E-state index contributed by atoms with van der Waals surface area (Å²) >= 11 is 0. The lowest BCUT2D eigenvalue weighted by Crippen LogP contribution is -2.37. The number of ether oxygens (including phenoxy) is 1. The molecule has 3 N–H and O–H groups in total. The fraction of sp³-hybridized carbons (Fsp3) is 0.200. The van der Waals surface area contributed by atoms with Gasteiger partial charge in [0.05, 0.1) is 24.4 Å². The van der Waals surface area contributed by atoms with Gasteiger partial charge in [-0.15, -0.1) is 0 Å². The summed E-state index contributed by atoms with van der Waals surface area (Å²) in [5.74, 6) is 1.11. The molecule has 0 spiro atoms. The SMILES string of the molecule is O=[N+]([O-])c1ccc(Nc2nc(N/N=C/c3ccc(O)cc3)nc(N3CCOCC3)n2)cc1. The molecule has 164 valence electrons. The molecule has 2 heterocycles. The van der Waals surface area contributed by atoms with Crippen LogP contribution >= 0.6 is 0 Å². The third-order valence-corrected chi connectivity index (χ3v) is 4.52. The minimum atomic E-state index is -0.461. The van der Waals surface area contributed by atoms with Crippen molar-refractivity contribution in [2.24, 2.45) is 5.10 Å². The first-order valence-electron chi connectivity index (χ1n) is 9.75. The normalized spacial score (nSPS) is 13.8. The maximum absolute atomic E-state index is 10.9. The summed E-state index contributed by atoms with van der Waals surface area (Å²) in [6, 6.07) is 12.5. The second-order valence-corrected chi connectivity index (χ2v) is 6.77. The van der Waals surface area contributed by atoms with E-state index in [0.29, 0.717) is 37.9 Å². The molecule has 0 saturated carbocycles. The molecule has 32 heavy (non-hydrogen) atoms.